The summed E-state index contributed by atoms with van der Waals surface area (Å²) in [7, 11) is 0. The Bertz CT molecular complexity index is 801. The Morgan fingerprint density at radius 2 is 2.19 bits per heavy atom. The number of ether oxygens (including phenoxy) is 1. The zero-order valence-electron chi connectivity index (χ0n) is 14.9. The van der Waals surface area contributed by atoms with Crippen LogP contribution in [0.2, 0.25) is 0 Å². The van der Waals surface area contributed by atoms with Crippen LogP contribution in [0.5, 0.6) is 5.75 Å². The molecule has 1 aliphatic heterocycles. The van der Waals surface area contributed by atoms with E-state index in [1.807, 2.05) is 41.3 Å². The highest BCUT2D eigenvalue weighted by Crippen LogP contribution is 2.27. The van der Waals surface area contributed by atoms with Gasteiger partial charge in [0.05, 0.1) is 18.8 Å². The van der Waals surface area contributed by atoms with Crippen LogP contribution in [0.3, 0.4) is 0 Å². The summed E-state index contributed by atoms with van der Waals surface area (Å²) in [5.41, 5.74) is 2.81. The topological polar surface area (TPSA) is 42.4 Å². The van der Waals surface area contributed by atoms with E-state index < -0.39 is 0 Å². The van der Waals surface area contributed by atoms with Crippen molar-refractivity contribution in [1.82, 2.24) is 9.88 Å². The predicted molar refractivity (Wildman–Crippen MR) is 101 cm³/mol. The van der Waals surface area contributed by atoms with Crippen LogP contribution in [0.4, 0.5) is 0 Å². The van der Waals surface area contributed by atoms with Crippen LogP contribution in [0.15, 0.2) is 54.7 Å². The van der Waals surface area contributed by atoms with Gasteiger partial charge >= 0.3 is 0 Å². The summed E-state index contributed by atoms with van der Waals surface area (Å²) in [5, 5.41) is 0. The van der Waals surface area contributed by atoms with Crippen LogP contribution in [0.1, 0.15) is 40.9 Å². The molecule has 134 valence electrons. The highest BCUT2D eigenvalue weighted by atomic mass is 16.5. The Hall–Kier alpha value is -2.62. The van der Waals surface area contributed by atoms with Gasteiger partial charge in [-0.3, -0.25) is 9.78 Å². The lowest BCUT2D eigenvalue weighted by atomic mass is 9.93. The van der Waals surface area contributed by atoms with Crippen molar-refractivity contribution in [2.24, 2.45) is 5.92 Å². The number of aromatic nitrogens is 1. The first-order valence-electron chi connectivity index (χ1n) is 9.39. The van der Waals surface area contributed by atoms with E-state index in [9.17, 15) is 4.79 Å². The third-order valence-electron chi connectivity index (χ3n) is 5.16. The molecule has 2 heterocycles. The molecule has 0 N–H and O–H groups in total. The normalized spacial score (nSPS) is 18.2. The van der Waals surface area contributed by atoms with Gasteiger partial charge in [0.1, 0.15) is 5.75 Å². The third kappa shape index (κ3) is 3.79. The molecular weight excluding hydrogens is 324 g/mol. The van der Waals surface area contributed by atoms with Crippen LogP contribution in [-0.2, 0) is 13.0 Å². The van der Waals surface area contributed by atoms with Gasteiger partial charge in [-0.15, -0.1) is 0 Å². The lowest BCUT2D eigenvalue weighted by Crippen LogP contribution is -2.35. The maximum atomic E-state index is 13.3. The van der Waals surface area contributed by atoms with Gasteiger partial charge in [-0.25, -0.2) is 0 Å². The van der Waals surface area contributed by atoms with E-state index in [0.717, 1.165) is 54.8 Å². The van der Waals surface area contributed by atoms with Gasteiger partial charge in [-0.05, 0) is 61.1 Å². The molecule has 4 rings (SSSR count). The molecule has 2 aromatic rings. The average molecular weight is 348 g/mol. The van der Waals surface area contributed by atoms with Gasteiger partial charge in [0.2, 0.25) is 0 Å². The maximum Gasteiger partial charge on any atom is 0.254 e. The van der Waals surface area contributed by atoms with E-state index in [-0.39, 0.29) is 5.91 Å². The van der Waals surface area contributed by atoms with Crippen LogP contribution in [0, 0.1) is 5.92 Å². The van der Waals surface area contributed by atoms with Gasteiger partial charge < -0.3 is 9.64 Å². The summed E-state index contributed by atoms with van der Waals surface area (Å²) in [5.74, 6) is 1.51. The van der Waals surface area contributed by atoms with Crippen molar-refractivity contribution in [3.05, 3.63) is 71.6 Å². The lowest BCUT2D eigenvalue weighted by Gasteiger charge is -2.28. The van der Waals surface area contributed by atoms with Crippen LogP contribution in [-0.4, -0.2) is 28.9 Å². The second-order valence-corrected chi connectivity index (χ2v) is 7.08. The number of carbonyl (C=O) groups excluding carboxylic acids is 1. The van der Waals surface area contributed by atoms with Crippen molar-refractivity contribution in [1.29, 1.82) is 0 Å². The fourth-order valence-electron chi connectivity index (χ4n) is 3.74. The predicted octanol–water partition coefficient (Wildman–Crippen LogP) is 4.02. The first-order valence-corrected chi connectivity index (χ1v) is 9.39. The van der Waals surface area contributed by atoms with Crippen molar-refractivity contribution < 1.29 is 9.53 Å². The monoisotopic (exact) mass is 348 g/mol. The maximum absolute atomic E-state index is 13.3. The van der Waals surface area contributed by atoms with E-state index >= 15 is 0 Å². The van der Waals surface area contributed by atoms with Gasteiger partial charge in [0, 0.05) is 24.7 Å². The summed E-state index contributed by atoms with van der Waals surface area (Å²) in [4.78, 5) is 19.6. The molecule has 0 saturated heterocycles. The van der Waals surface area contributed by atoms with Crippen LogP contribution < -0.4 is 4.74 Å². The molecule has 26 heavy (non-hydrogen) atoms. The number of hydrogen-bond donors (Lipinski definition) is 0. The average Bonchev–Trinajstić information content (AvgIpc) is 3.16. The van der Waals surface area contributed by atoms with Crippen molar-refractivity contribution >= 4 is 5.91 Å². The molecule has 1 amide bonds. The molecular formula is C22H24N2O2. The minimum absolute atomic E-state index is 0.0832. The van der Waals surface area contributed by atoms with Gasteiger partial charge in [0.25, 0.3) is 5.91 Å². The standard InChI is InChI=1S/C22H24N2O2/c25-22(19-9-10-21-18(14-19)11-13-26-21)24(15-17-6-2-1-3-7-17)16-20-8-4-5-12-23-20/h1-2,4-5,8-10,12,14,17H,3,6-7,11,13,15-16H2/t17-/m0/s1. The number of allylic oxidation sites excluding steroid dienone is 2. The van der Waals surface area contributed by atoms with E-state index in [1.54, 1.807) is 6.20 Å². The minimum atomic E-state index is 0.0832. The zero-order chi connectivity index (χ0) is 17.8. The van der Waals surface area contributed by atoms with E-state index in [2.05, 4.69) is 17.1 Å². The van der Waals surface area contributed by atoms with Crippen molar-refractivity contribution in [2.45, 2.75) is 32.2 Å². The SMILES string of the molecule is O=C(c1ccc2c(c1)CCO2)N(Cc1ccccn1)C[C@H]1CC=CCC1. The number of benzene rings is 1. The minimum Gasteiger partial charge on any atom is -0.493 e. The zero-order valence-corrected chi connectivity index (χ0v) is 14.9. The van der Waals surface area contributed by atoms with E-state index in [4.69, 9.17) is 4.74 Å². The van der Waals surface area contributed by atoms with Crippen LogP contribution in [0.25, 0.3) is 0 Å². The molecule has 1 aromatic heterocycles. The van der Waals surface area contributed by atoms with Gasteiger partial charge in [-0.1, -0.05) is 18.2 Å². The Morgan fingerprint density at radius 3 is 3.00 bits per heavy atom. The largest absolute Gasteiger partial charge is 0.493 e. The van der Waals surface area contributed by atoms with Crippen LogP contribution >= 0.6 is 0 Å². The molecule has 0 bridgehead atoms. The molecule has 2 aliphatic rings. The second kappa shape index (κ2) is 7.73. The second-order valence-electron chi connectivity index (χ2n) is 7.08. The molecule has 1 atom stereocenters. The third-order valence-corrected chi connectivity index (χ3v) is 5.16. The number of pyridine rings is 1. The fourth-order valence-corrected chi connectivity index (χ4v) is 3.74. The van der Waals surface area contributed by atoms with Crippen molar-refractivity contribution in [3.8, 4) is 5.75 Å². The van der Waals surface area contributed by atoms with Gasteiger partial charge in [-0.2, -0.15) is 0 Å². The Labute approximate surface area is 154 Å². The molecule has 4 nitrogen and oxygen atoms in total. The first kappa shape index (κ1) is 16.8. The molecule has 0 fully saturated rings. The Balaban J connectivity index is 1.56. The number of amides is 1. The molecule has 0 saturated carbocycles. The molecule has 0 radical (unpaired) electrons. The molecule has 4 heteroatoms. The molecule has 1 aliphatic carbocycles. The summed E-state index contributed by atoms with van der Waals surface area (Å²) in [6.45, 7) is 2.03. The first-order chi connectivity index (χ1) is 12.8. The quantitative estimate of drug-likeness (QED) is 0.767. The Morgan fingerprint density at radius 1 is 1.23 bits per heavy atom. The van der Waals surface area contributed by atoms with Crippen molar-refractivity contribution in [2.75, 3.05) is 13.2 Å². The Kier molecular flexibility index (Phi) is 5.00. The number of carbonyl (C=O) groups is 1. The number of nitrogens with zero attached hydrogens (tertiary/aromatic N) is 2. The molecule has 0 unspecified atom stereocenters. The highest BCUT2D eigenvalue weighted by molar-refractivity contribution is 5.94. The van der Waals surface area contributed by atoms with E-state index in [1.165, 1.54) is 0 Å². The fraction of sp³-hybridized carbons (Fsp3) is 0.364. The number of rotatable bonds is 5. The lowest BCUT2D eigenvalue weighted by molar-refractivity contribution is 0.0707. The summed E-state index contributed by atoms with van der Waals surface area (Å²) in [6.07, 6.45) is 10.4. The highest BCUT2D eigenvalue weighted by Gasteiger charge is 2.23. The summed E-state index contributed by atoms with van der Waals surface area (Å²) < 4.78 is 5.57. The van der Waals surface area contributed by atoms with Crippen molar-refractivity contribution in [3.63, 3.8) is 0 Å². The molecule has 1 aromatic carbocycles. The smallest absolute Gasteiger partial charge is 0.254 e. The van der Waals surface area contributed by atoms with E-state index in [0.29, 0.717) is 19.1 Å². The summed E-state index contributed by atoms with van der Waals surface area (Å²) >= 11 is 0. The molecule has 0 spiro atoms. The number of fused-ring (bicyclic) bond motifs is 1. The van der Waals surface area contributed by atoms with Gasteiger partial charge in [0.15, 0.2) is 0 Å². The summed E-state index contributed by atoms with van der Waals surface area (Å²) in [6, 6.07) is 11.7. The number of hydrogen-bond acceptors (Lipinski definition) is 3.